The van der Waals surface area contributed by atoms with E-state index in [4.69, 9.17) is 4.74 Å². The van der Waals surface area contributed by atoms with Gasteiger partial charge in [-0.1, -0.05) is 17.7 Å². The summed E-state index contributed by atoms with van der Waals surface area (Å²) in [5, 5.41) is 0. The molecule has 3 aromatic rings. The van der Waals surface area contributed by atoms with E-state index >= 15 is 0 Å². The second kappa shape index (κ2) is 10.3. The number of hydrogen-bond acceptors (Lipinski definition) is 6. The van der Waals surface area contributed by atoms with Gasteiger partial charge in [-0.15, -0.1) is 0 Å². The summed E-state index contributed by atoms with van der Waals surface area (Å²) in [5.41, 5.74) is 2.17. The van der Waals surface area contributed by atoms with Crippen LogP contribution < -0.4 is 14.5 Å². The van der Waals surface area contributed by atoms with Crippen molar-refractivity contribution in [3.05, 3.63) is 72.3 Å². The number of ether oxygens (including phenoxy) is 1. The number of carbonyl (C=O) groups excluding carboxylic acids is 1. The molecule has 35 heavy (non-hydrogen) atoms. The van der Waals surface area contributed by atoms with Crippen LogP contribution in [0.5, 0.6) is 11.6 Å². The van der Waals surface area contributed by atoms with Crippen LogP contribution in [0, 0.1) is 18.7 Å². The van der Waals surface area contributed by atoms with Crippen molar-refractivity contribution in [1.29, 1.82) is 0 Å². The van der Waals surface area contributed by atoms with Crippen molar-refractivity contribution in [2.45, 2.75) is 19.8 Å². The first kappa shape index (κ1) is 23.1. The molecule has 1 amide bonds. The Morgan fingerprint density at radius 3 is 2.20 bits per heavy atom. The monoisotopic (exact) mass is 475 g/mol. The van der Waals surface area contributed by atoms with E-state index in [1.54, 1.807) is 24.5 Å². The van der Waals surface area contributed by atoms with E-state index in [2.05, 4.69) is 19.8 Å². The molecule has 0 radical (unpaired) electrons. The highest BCUT2D eigenvalue weighted by atomic mass is 19.1. The lowest BCUT2D eigenvalue weighted by molar-refractivity contribution is -0.136. The first-order chi connectivity index (χ1) is 17.1. The minimum absolute atomic E-state index is 0.0155. The summed E-state index contributed by atoms with van der Waals surface area (Å²) in [6.45, 7) is 6.40. The van der Waals surface area contributed by atoms with Crippen molar-refractivity contribution in [2.24, 2.45) is 5.92 Å². The highest BCUT2D eigenvalue weighted by Crippen LogP contribution is 2.31. The summed E-state index contributed by atoms with van der Waals surface area (Å²) >= 11 is 0. The maximum absolute atomic E-state index is 13.2. The largest absolute Gasteiger partial charge is 0.436 e. The number of piperidine rings is 1. The Bertz CT molecular complexity index is 1140. The Morgan fingerprint density at radius 1 is 0.857 bits per heavy atom. The standard InChI is InChI=1S/C27H30FN5O2/c1-20-2-8-24(9-3-20)35-26-25(29-12-13-30-26)32-14-10-21(11-15-32)27(34)33-18-16-31(17-19-33)23-6-4-22(28)5-7-23/h2-9,12-13,21H,10-11,14-19H2,1H3. The van der Waals surface area contributed by atoms with Gasteiger partial charge in [0.15, 0.2) is 5.82 Å². The van der Waals surface area contributed by atoms with Crippen LogP contribution in [-0.2, 0) is 4.79 Å². The predicted octanol–water partition coefficient (Wildman–Crippen LogP) is 4.28. The lowest BCUT2D eigenvalue weighted by atomic mass is 9.95. The molecule has 182 valence electrons. The van der Waals surface area contributed by atoms with Crippen molar-refractivity contribution in [2.75, 3.05) is 49.1 Å². The van der Waals surface area contributed by atoms with E-state index in [0.717, 1.165) is 50.5 Å². The number of aryl methyl sites for hydroxylation is 1. The lowest BCUT2D eigenvalue weighted by Crippen LogP contribution is -2.51. The smallest absolute Gasteiger partial charge is 0.263 e. The van der Waals surface area contributed by atoms with E-state index in [1.807, 2.05) is 36.1 Å². The zero-order valence-corrected chi connectivity index (χ0v) is 19.9. The van der Waals surface area contributed by atoms with Gasteiger partial charge in [0.1, 0.15) is 11.6 Å². The third-order valence-corrected chi connectivity index (χ3v) is 6.81. The highest BCUT2D eigenvalue weighted by molar-refractivity contribution is 5.79. The van der Waals surface area contributed by atoms with Crippen LogP contribution in [0.1, 0.15) is 18.4 Å². The molecule has 0 saturated carbocycles. The van der Waals surface area contributed by atoms with Gasteiger partial charge in [-0.2, -0.15) is 0 Å². The van der Waals surface area contributed by atoms with E-state index < -0.39 is 0 Å². The molecular weight excluding hydrogens is 445 g/mol. The molecule has 1 aromatic heterocycles. The third kappa shape index (κ3) is 5.37. The summed E-state index contributed by atoms with van der Waals surface area (Å²) in [6, 6.07) is 14.4. The Hall–Kier alpha value is -3.68. The molecular formula is C27H30FN5O2. The molecule has 0 aliphatic carbocycles. The molecule has 0 bridgehead atoms. The Labute approximate surface area is 205 Å². The molecule has 7 nitrogen and oxygen atoms in total. The van der Waals surface area contributed by atoms with Gasteiger partial charge in [-0.05, 0) is 56.2 Å². The SMILES string of the molecule is Cc1ccc(Oc2nccnc2N2CCC(C(=O)N3CCN(c4ccc(F)cc4)CC3)CC2)cc1. The minimum Gasteiger partial charge on any atom is -0.436 e. The maximum Gasteiger partial charge on any atom is 0.263 e. The van der Waals surface area contributed by atoms with Crippen LogP contribution in [0.2, 0.25) is 0 Å². The quantitative estimate of drug-likeness (QED) is 0.549. The molecule has 3 heterocycles. The highest BCUT2D eigenvalue weighted by Gasteiger charge is 2.31. The first-order valence-corrected chi connectivity index (χ1v) is 12.2. The normalized spacial score (nSPS) is 16.9. The van der Waals surface area contributed by atoms with Crippen LogP contribution in [0.25, 0.3) is 0 Å². The molecule has 0 spiro atoms. The molecule has 2 fully saturated rings. The van der Waals surface area contributed by atoms with Gasteiger partial charge in [0.05, 0.1) is 0 Å². The number of amides is 1. The second-order valence-electron chi connectivity index (χ2n) is 9.15. The fraction of sp³-hybridized carbons (Fsp3) is 0.370. The fourth-order valence-corrected chi connectivity index (χ4v) is 4.76. The molecule has 2 aromatic carbocycles. The number of nitrogens with zero attached hydrogens (tertiary/aromatic N) is 5. The van der Waals surface area contributed by atoms with Crippen molar-refractivity contribution in [3.63, 3.8) is 0 Å². The number of hydrogen-bond donors (Lipinski definition) is 0. The summed E-state index contributed by atoms with van der Waals surface area (Å²) in [5.74, 6) is 1.94. The van der Waals surface area contributed by atoms with Gasteiger partial charge in [-0.3, -0.25) is 4.79 Å². The summed E-state index contributed by atoms with van der Waals surface area (Å²) in [7, 11) is 0. The fourth-order valence-electron chi connectivity index (χ4n) is 4.76. The van der Waals surface area contributed by atoms with E-state index in [1.165, 1.54) is 17.7 Å². The molecule has 0 N–H and O–H groups in total. The van der Waals surface area contributed by atoms with Crippen molar-refractivity contribution in [1.82, 2.24) is 14.9 Å². The number of rotatable bonds is 5. The number of benzene rings is 2. The summed E-state index contributed by atoms with van der Waals surface area (Å²) < 4.78 is 19.2. The molecule has 2 aliphatic heterocycles. The number of aromatic nitrogens is 2. The third-order valence-electron chi connectivity index (χ3n) is 6.81. The molecule has 2 saturated heterocycles. The summed E-state index contributed by atoms with van der Waals surface area (Å²) in [6.07, 6.45) is 4.86. The van der Waals surface area contributed by atoms with E-state index in [0.29, 0.717) is 24.8 Å². The van der Waals surface area contributed by atoms with Gasteiger partial charge in [0.25, 0.3) is 5.88 Å². The van der Waals surface area contributed by atoms with Gasteiger partial charge < -0.3 is 19.4 Å². The van der Waals surface area contributed by atoms with E-state index in [-0.39, 0.29) is 17.6 Å². The van der Waals surface area contributed by atoms with Crippen LogP contribution >= 0.6 is 0 Å². The molecule has 8 heteroatoms. The van der Waals surface area contributed by atoms with Crippen molar-refractivity contribution in [3.8, 4) is 11.6 Å². The van der Waals surface area contributed by atoms with Gasteiger partial charge >= 0.3 is 0 Å². The zero-order valence-electron chi connectivity index (χ0n) is 19.9. The minimum atomic E-state index is -0.232. The molecule has 5 rings (SSSR count). The lowest BCUT2D eigenvalue weighted by Gasteiger charge is -2.39. The van der Waals surface area contributed by atoms with Crippen LogP contribution in [0.4, 0.5) is 15.9 Å². The van der Waals surface area contributed by atoms with E-state index in [9.17, 15) is 9.18 Å². The summed E-state index contributed by atoms with van der Waals surface area (Å²) in [4.78, 5) is 28.5. The number of anilines is 2. The van der Waals surface area contributed by atoms with Crippen LogP contribution in [0.15, 0.2) is 60.9 Å². The van der Waals surface area contributed by atoms with Crippen LogP contribution in [-0.4, -0.2) is 60.0 Å². The second-order valence-corrected chi connectivity index (χ2v) is 9.15. The molecule has 0 unspecified atom stereocenters. The average molecular weight is 476 g/mol. The van der Waals surface area contributed by atoms with Gasteiger partial charge in [0, 0.05) is 63.3 Å². The average Bonchev–Trinajstić information content (AvgIpc) is 2.91. The molecule has 0 atom stereocenters. The Morgan fingerprint density at radius 2 is 1.51 bits per heavy atom. The predicted molar refractivity (Wildman–Crippen MR) is 133 cm³/mol. The Kier molecular flexibility index (Phi) is 6.79. The zero-order chi connectivity index (χ0) is 24.2. The van der Waals surface area contributed by atoms with Gasteiger partial charge in [-0.25, -0.2) is 14.4 Å². The van der Waals surface area contributed by atoms with Crippen molar-refractivity contribution < 1.29 is 13.9 Å². The topological polar surface area (TPSA) is 61.8 Å². The number of piperazine rings is 1. The van der Waals surface area contributed by atoms with Gasteiger partial charge in [0.2, 0.25) is 5.91 Å². The molecule has 2 aliphatic rings. The number of halogens is 1. The maximum atomic E-state index is 13.2. The van der Waals surface area contributed by atoms with Crippen LogP contribution in [0.3, 0.4) is 0 Å². The number of carbonyl (C=O) groups is 1. The Balaban J connectivity index is 1.16. The van der Waals surface area contributed by atoms with Crippen molar-refractivity contribution >= 4 is 17.4 Å². The first-order valence-electron chi connectivity index (χ1n) is 12.2.